The second-order valence-electron chi connectivity index (χ2n) is 8.10. The Balaban J connectivity index is 1.37. The summed E-state index contributed by atoms with van der Waals surface area (Å²) in [5, 5.41) is 3.40. The lowest BCUT2D eigenvalue weighted by atomic mass is 9.97. The van der Waals surface area contributed by atoms with Gasteiger partial charge in [-0.05, 0) is 49.9 Å². The minimum atomic E-state index is -3.78. The van der Waals surface area contributed by atoms with E-state index in [2.05, 4.69) is 10.3 Å². The molecule has 0 spiro atoms. The van der Waals surface area contributed by atoms with Crippen molar-refractivity contribution in [3.8, 4) is 0 Å². The third-order valence-corrected chi connectivity index (χ3v) is 8.38. The Labute approximate surface area is 189 Å². The summed E-state index contributed by atoms with van der Waals surface area (Å²) in [5.74, 6) is -2.70. The Morgan fingerprint density at radius 1 is 1.19 bits per heavy atom. The molecule has 4 rings (SSSR count). The van der Waals surface area contributed by atoms with Crippen molar-refractivity contribution in [2.45, 2.75) is 32.4 Å². The molecule has 1 aliphatic heterocycles. The quantitative estimate of drug-likeness (QED) is 0.589. The first-order valence-corrected chi connectivity index (χ1v) is 12.7. The van der Waals surface area contributed by atoms with E-state index in [0.717, 1.165) is 33.5 Å². The van der Waals surface area contributed by atoms with Crippen LogP contribution in [0.4, 0.5) is 13.9 Å². The van der Waals surface area contributed by atoms with E-state index in [1.807, 2.05) is 26.0 Å². The van der Waals surface area contributed by atoms with Crippen LogP contribution in [0.5, 0.6) is 0 Å². The summed E-state index contributed by atoms with van der Waals surface area (Å²) in [5.41, 5.74) is 2.97. The van der Waals surface area contributed by atoms with Crippen LogP contribution in [0.2, 0.25) is 0 Å². The van der Waals surface area contributed by atoms with Crippen LogP contribution in [-0.2, 0) is 20.6 Å². The van der Waals surface area contributed by atoms with Crippen LogP contribution in [0.15, 0.2) is 30.3 Å². The van der Waals surface area contributed by atoms with Crippen molar-refractivity contribution < 1.29 is 22.0 Å². The van der Waals surface area contributed by atoms with E-state index in [1.54, 1.807) is 0 Å². The molecule has 3 aromatic rings. The molecule has 1 N–H and O–H groups in total. The second kappa shape index (κ2) is 8.84. The second-order valence-corrected chi connectivity index (χ2v) is 11.1. The maximum Gasteiger partial charge on any atom is 0.229 e. The number of anilines is 1. The highest BCUT2D eigenvalue weighted by Crippen LogP contribution is 2.30. The van der Waals surface area contributed by atoms with Crippen molar-refractivity contribution in [3.05, 3.63) is 58.7 Å². The number of sulfonamides is 1. The highest BCUT2D eigenvalue weighted by atomic mass is 32.2. The van der Waals surface area contributed by atoms with Gasteiger partial charge in [-0.2, -0.15) is 0 Å². The number of benzene rings is 2. The Bertz CT molecular complexity index is 1280. The maximum absolute atomic E-state index is 13.9. The van der Waals surface area contributed by atoms with Crippen molar-refractivity contribution in [1.29, 1.82) is 0 Å². The van der Waals surface area contributed by atoms with E-state index in [1.165, 1.54) is 15.6 Å². The van der Waals surface area contributed by atoms with E-state index in [-0.39, 0.29) is 30.5 Å². The summed E-state index contributed by atoms with van der Waals surface area (Å²) in [7, 11) is -3.78. The molecule has 6 nitrogen and oxygen atoms in total. The molecule has 32 heavy (non-hydrogen) atoms. The topological polar surface area (TPSA) is 79.4 Å². The van der Waals surface area contributed by atoms with Crippen LogP contribution in [0, 0.1) is 31.4 Å². The number of halogens is 2. The van der Waals surface area contributed by atoms with Gasteiger partial charge in [0.2, 0.25) is 15.9 Å². The van der Waals surface area contributed by atoms with Gasteiger partial charge in [0.1, 0.15) is 11.6 Å². The Kier molecular flexibility index (Phi) is 6.28. The first-order chi connectivity index (χ1) is 15.1. The summed E-state index contributed by atoms with van der Waals surface area (Å²) in [6.07, 6.45) is 0.722. The standard InChI is InChI=1S/C22H23F2N3O3S2/c1-13-9-14(2)20-19(10-13)31-22(25-20)26-21(28)15-5-7-27(8-6-15)32(29,30)12-16-3-4-17(23)11-18(16)24/h3-4,9-11,15H,5-8,12H2,1-2H3,(H,25,26,28). The SMILES string of the molecule is Cc1cc(C)c2nc(NC(=O)C3CCN(S(=O)(=O)Cc4ccc(F)cc4F)CC3)sc2c1. The van der Waals surface area contributed by atoms with E-state index in [4.69, 9.17) is 0 Å². The Morgan fingerprint density at radius 2 is 1.91 bits per heavy atom. The molecule has 0 radical (unpaired) electrons. The smallest absolute Gasteiger partial charge is 0.229 e. The first kappa shape index (κ1) is 22.8. The number of thiazole rings is 1. The number of hydrogen-bond donors (Lipinski definition) is 1. The molecule has 1 amide bonds. The molecule has 0 atom stereocenters. The number of rotatable bonds is 5. The summed E-state index contributed by atoms with van der Waals surface area (Å²) < 4.78 is 54.6. The molecule has 0 bridgehead atoms. The van der Waals surface area contributed by atoms with E-state index in [0.29, 0.717) is 24.0 Å². The van der Waals surface area contributed by atoms with E-state index in [9.17, 15) is 22.0 Å². The average Bonchev–Trinajstić information content (AvgIpc) is 3.13. The van der Waals surface area contributed by atoms with Crippen molar-refractivity contribution in [1.82, 2.24) is 9.29 Å². The Hall–Kier alpha value is -2.43. The number of piperidine rings is 1. The predicted molar refractivity (Wildman–Crippen MR) is 121 cm³/mol. The molecular weight excluding hydrogens is 456 g/mol. The maximum atomic E-state index is 13.9. The molecule has 0 aliphatic carbocycles. The van der Waals surface area contributed by atoms with Crippen molar-refractivity contribution in [3.63, 3.8) is 0 Å². The van der Waals surface area contributed by atoms with Crippen molar-refractivity contribution >= 4 is 42.6 Å². The van der Waals surface area contributed by atoms with Gasteiger partial charge in [0.15, 0.2) is 5.13 Å². The van der Waals surface area contributed by atoms with Gasteiger partial charge in [0.05, 0.1) is 16.0 Å². The molecule has 0 saturated carbocycles. The van der Waals surface area contributed by atoms with Crippen molar-refractivity contribution in [2.75, 3.05) is 18.4 Å². The summed E-state index contributed by atoms with van der Waals surface area (Å²) in [6, 6.07) is 6.93. The zero-order valence-corrected chi connectivity index (χ0v) is 19.3. The third kappa shape index (κ3) is 4.82. The molecular formula is C22H23F2N3O3S2. The molecule has 1 saturated heterocycles. The molecule has 1 aliphatic rings. The zero-order valence-electron chi connectivity index (χ0n) is 17.7. The van der Waals surface area contributed by atoms with Crippen LogP contribution >= 0.6 is 11.3 Å². The normalized spacial score (nSPS) is 15.9. The summed E-state index contributed by atoms with van der Waals surface area (Å²) in [6.45, 7) is 4.33. The minimum absolute atomic E-state index is 0.0763. The third-order valence-electron chi connectivity index (χ3n) is 5.63. The fourth-order valence-corrected chi connectivity index (χ4v) is 6.58. The molecule has 2 aromatic carbocycles. The number of aryl methyl sites for hydroxylation is 2. The fraction of sp³-hybridized carbons (Fsp3) is 0.364. The number of fused-ring (bicyclic) bond motifs is 1. The van der Waals surface area contributed by atoms with E-state index < -0.39 is 27.4 Å². The lowest BCUT2D eigenvalue weighted by molar-refractivity contribution is -0.120. The predicted octanol–water partition coefficient (Wildman–Crippen LogP) is 4.37. The fourth-order valence-electron chi connectivity index (χ4n) is 3.95. The zero-order chi connectivity index (χ0) is 23.0. The number of hydrogen-bond acceptors (Lipinski definition) is 5. The van der Waals surface area contributed by atoms with Crippen LogP contribution < -0.4 is 5.32 Å². The highest BCUT2D eigenvalue weighted by Gasteiger charge is 2.32. The molecule has 0 unspecified atom stereocenters. The van der Waals surface area contributed by atoms with E-state index >= 15 is 0 Å². The summed E-state index contributed by atoms with van der Waals surface area (Å²) in [4.78, 5) is 17.2. The Morgan fingerprint density at radius 3 is 2.59 bits per heavy atom. The minimum Gasteiger partial charge on any atom is -0.302 e. The number of carbonyl (C=O) groups excluding carboxylic acids is 1. The van der Waals surface area contributed by atoms with Gasteiger partial charge in [-0.25, -0.2) is 26.5 Å². The summed E-state index contributed by atoms with van der Waals surface area (Å²) >= 11 is 1.41. The molecule has 10 heteroatoms. The van der Waals surface area contributed by atoms with Gasteiger partial charge in [-0.15, -0.1) is 0 Å². The van der Waals surface area contributed by atoms with Gasteiger partial charge in [-0.1, -0.05) is 23.5 Å². The molecule has 2 heterocycles. The van der Waals surface area contributed by atoms with Gasteiger partial charge in [0.25, 0.3) is 0 Å². The van der Waals surface area contributed by atoms with Crippen LogP contribution in [0.25, 0.3) is 10.2 Å². The number of amides is 1. The number of nitrogens with one attached hydrogen (secondary N) is 1. The lowest BCUT2D eigenvalue weighted by Crippen LogP contribution is -2.42. The van der Waals surface area contributed by atoms with Gasteiger partial charge >= 0.3 is 0 Å². The lowest BCUT2D eigenvalue weighted by Gasteiger charge is -2.30. The number of carbonyl (C=O) groups is 1. The van der Waals surface area contributed by atoms with Gasteiger partial charge in [-0.3, -0.25) is 4.79 Å². The monoisotopic (exact) mass is 479 g/mol. The first-order valence-electron chi connectivity index (χ1n) is 10.2. The average molecular weight is 480 g/mol. The molecule has 1 fully saturated rings. The largest absolute Gasteiger partial charge is 0.302 e. The number of aromatic nitrogens is 1. The highest BCUT2D eigenvalue weighted by molar-refractivity contribution is 7.88. The van der Waals surface area contributed by atoms with Crippen LogP contribution in [0.3, 0.4) is 0 Å². The molecule has 170 valence electrons. The van der Waals surface area contributed by atoms with Crippen LogP contribution in [0.1, 0.15) is 29.5 Å². The van der Waals surface area contributed by atoms with Gasteiger partial charge in [0, 0.05) is 30.6 Å². The molecule has 1 aromatic heterocycles. The van der Waals surface area contributed by atoms with Crippen molar-refractivity contribution in [2.24, 2.45) is 5.92 Å². The van der Waals surface area contributed by atoms with Crippen LogP contribution in [-0.4, -0.2) is 36.7 Å². The number of nitrogens with zero attached hydrogens (tertiary/aromatic N) is 2. The van der Waals surface area contributed by atoms with Gasteiger partial charge < -0.3 is 5.32 Å².